The first-order valence-electron chi connectivity index (χ1n) is 6.33. The van der Waals surface area contributed by atoms with E-state index in [0.717, 1.165) is 12.3 Å². The zero-order chi connectivity index (χ0) is 11.3. The fourth-order valence-corrected chi connectivity index (χ4v) is 2.46. The van der Waals surface area contributed by atoms with Crippen molar-refractivity contribution in [3.05, 3.63) is 0 Å². The Labute approximate surface area is 94.0 Å². The lowest BCUT2D eigenvalue weighted by atomic mass is 10.1. The summed E-state index contributed by atoms with van der Waals surface area (Å²) in [6.45, 7) is 8.66. The van der Waals surface area contributed by atoms with Gasteiger partial charge in [0.25, 0.3) is 0 Å². The minimum absolute atomic E-state index is 0.343. The average molecular weight is 211 g/mol. The molecule has 1 rings (SSSR count). The summed E-state index contributed by atoms with van der Waals surface area (Å²) in [5.41, 5.74) is 0. The van der Waals surface area contributed by atoms with E-state index in [1.165, 1.54) is 38.8 Å². The fraction of sp³-hybridized carbons (Fsp3) is 0.923. The van der Waals surface area contributed by atoms with Crippen molar-refractivity contribution in [3.63, 3.8) is 0 Å². The van der Waals surface area contributed by atoms with E-state index >= 15 is 0 Å². The highest BCUT2D eigenvalue weighted by Gasteiger charge is 2.24. The lowest BCUT2D eigenvalue weighted by Gasteiger charge is -2.23. The van der Waals surface area contributed by atoms with Crippen molar-refractivity contribution < 1.29 is 4.79 Å². The molecule has 1 aliphatic rings. The Hall–Kier alpha value is -0.370. The molecule has 0 aromatic heterocycles. The van der Waals surface area contributed by atoms with Crippen LogP contribution in [0.4, 0.5) is 0 Å². The van der Waals surface area contributed by atoms with Crippen molar-refractivity contribution >= 4 is 5.78 Å². The molecule has 1 aliphatic heterocycles. The molecule has 0 N–H and O–H groups in total. The number of rotatable bonds is 6. The average Bonchev–Trinajstić information content (AvgIpc) is 2.51. The van der Waals surface area contributed by atoms with Gasteiger partial charge in [0.05, 0.1) is 0 Å². The third-order valence-corrected chi connectivity index (χ3v) is 3.25. The smallest absolute Gasteiger partial charge is 0.131 e. The van der Waals surface area contributed by atoms with E-state index in [0.29, 0.717) is 11.8 Å². The first-order valence-corrected chi connectivity index (χ1v) is 6.33. The van der Waals surface area contributed by atoms with Crippen LogP contribution in [0.2, 0.25) is 0 Å². The van der Waals surface area contributed by atoms with Crippen molar-refractivity contribution in [1.82, 2.24) is 4.90 Å². The number of hydrogen-bond donors (Lipinski definition) is 0. The highest BCUT2D eigenvalue weighted by atomic mass is 16.1. The molecule has 0 aliphatic carbocycles. The van der Waals surface area contributed by atoms with Gasteiger partial charge >= 0.3 is 0 Å². The predicted octanol–water partition coefficient (Wildman–Crippen LogP) is 2.87. The largest absolute Gasteiger partial charge is 0.300 e. The molecule has 0 aromatic rings. The zero-order valence-corrected chi connectivity index (χ0v) is 10.5. The molecule has 0 spiro atoms. The molecule has 2 nitrogen and oxygen atoms in total. The number of likely N-dealkylation sites (tertiary alicyclic amines) is 1. The third kappa shape index (κ3) is 4.78. The molecule has 1 atom stereocenters. The van der Waals surface area contributed by atoms with E-state index in [9.17, 15) is 4.79 Å². The fourth-order valence-electron chi connectivity index (χ4n) is 2.46. The van der Waals surface area contributed by atoms with Crippen LogP contribution in [0, 0.1) is 5.92 Å². The van der Waals surface area contributed by atoms with Crippen molar-refractivity contribution in [2.45, 2.75) is 58.9 Å². The van der Waals surface area contributed by atoms with E-state index < -0.39 is 0 Å². The molecule has 1 heterocycles. The second-order valence-corrected chi connectivity index (χ2v) is 5.27. The standard InChI is InChI=1S/C13H25NO/c1-11(2)6-4-8-14-9-5-7-13(14)10-12(3)15/h11,13H,4-10H2,1-3H3. The van der Waals surface area contributed by atoms with E-state index in [4.69, 9.17) is 0 Å². The zero-order valence-electron chi connectivity index (χ0n) is 10.5. The molecule has 1 unspecified atom stereocenters. The molecule has 0 bridgehead atoms. The molecule has 0 radical (unpaired) electrons. The van der Waals surface area contributed by atoms with Crippen LogP contribution >= 0.6 is 0 Å². The Balaban J connectivity index is 2.24. The summed E-state index contributed by atoms with van der Waals surface area (Å²) in [6.07, 6.45) is 5.86. The number of ketones is 1. The monoisotopic (exact) mass is 211 g/mol. The maximum absolute atomic E-state index is 11.1. The third-order valence-electron chi connectivity index (χ3n) is 3.25. The first-order chi connectivity index (χ1) is 7.09. The molecular formula is C13H25NO. The number of nitrogens with zero attached hydrogens (tertiary/aromatic N) is 1. The van der Waals surface area contributed by atoms with E-state index in [2.05, 4.69) is 18.7 Å². The summed E-state index contributed by atoms with van der Waals surface area (Å²) in [6, 6.07) is 0.551. The van der Waals surface area contributed by atoms with Crippen LogP contribution in [0.25, 0.3) is 0 Å². The van der Waals surface area contributed by atoms with Crippen LogP contribution in [-0.4, -0.2) is 29.8 Å². The highest BCUT2D eigenvalue weighted by Crippen LogP contribution is 2.21. The van der Waals surface area contributed by atoms with Gasteiger partial charge in [-0.1, -0.05) is 13.8 Å². The van der Waals surface area contributed by atoms with Crippen molar-refractivity contribution in [3.8, 4) is 0 Å². The van der Waals surface area contributed by atoms with E-state index in [1.54, 1.807) is 6.92 Å². The SMILES string of the molecule is CC(=O)CC1CCCN1CCCC(C)C. The lowest BCUT2D eigenvalue weighted by Crippen LogP contribution is -2.31. The van der Waals surface area contributed by atoms with Gasteiger partial charge < -0.3 is 0 Å². The number of Topliss-reactive ketones (excluding diaryl/α,β-unsaturated/α-hetero) is 1. The second kappa shape index (κ2) is 6.26. The maximum Gasteiger partial charge on any atom is 0.131 e. The van der Waals surface area contributed by atoms with Gasteiger partial charge in [0.2, 0.25) is 0 Å². The van der Waals surface area contributed by atoms with Crippen molar-refractivity contribution in [2.75, 3.05) is 13.1 Å². The summed E-state index contributed by atoms with van der Waals surface area (Å²) in [4.78, 5) is 13.6. The summed E-state index contributed by atoms with van der Waals surface area (Å²) >= 11 is 0. The van der Waals surface area contributed by atoms with Gasteiger partial charge in [-0.3, -0.25) is 9.69 Å². The molecule has 88 valence electrons. The van der Waals surface area contributed by atoms with Crippen LogP contribution in [-0.2, 0) is 4.79 Å². The molecular weight excluding hydrogens is 186 g/mol. The van der Waals surface area contributed by atoms with Gasteiger partial charge in [-0.25, -0.2) is 0 Å². The molecule has 1 fully saturated rings. The number of hydrogen-bond acceptors (Lipinski definition) is 2. The maximum atomic E-state index is 11.1. The molecule has 0 aromatic carbocycles. The number of carbonyl (C=O) groups excluding carboxylic acids is 1. The van der Waals surface area contributed by atoms with Gasteiger partial charge in [-0.15, -0.1) is 0 Å². The second-order valence-electron chi connectivity index (χ2n) is 5.27. The van der Waals surface area contributed by atoms with Crippen molar-refractivity contribution in [1.29, 1.82) is 0 Å². The van der Waals surface area contributed by atoms with Gasteiger partial charge in [0.1, 0.15) is 5.78 Å². The molecule has 15 heavy (non-hydrogen) atoms. The Morgan fingerprint density at radius 1 is 1.47 bits per heavy atom. The van der Waals surface area contributed by atoms with Crippen LogP contribution in [0.1, 0.15) is 52.9 Å². The Kier molecular flexibility index (Phi) is 5.30. The Morgan fingerprint density at radius 3 is 2.80 bits per heavy atom. The molecule has 2 heteroatoms. The molecule has 0 amide bonds. The normalized spacial score (nSPS) is 22.5. The Morgan fingerprint density at radius 2 is 2.20 bits per heavy atom. The van der Waals surface area contributed by atoms with Gasteiger partial charge in [0, 0.05) is 12.5 Å². The van der Waals surface area contributed by atoms with E-state index in [1.807, 2.05) is 0 Å². The summed E-state index contributed by atoms with van der Waals surface area (Å²) in [7, 11) is 0. The first kappa shape index (κ1) is 12.7. The highest BCUT2D eigenvalue weighted by molar-refractivity contribution is 5.76. The quantitative estimate of drug-likeness (QED) is 0.673. The van der Waals surface area contributed by atoms with Gasteiger partial charge in [0.15, 0.2) is 0 Å². The minimum Gasteiger partial charge on any atom is -0.300 e. The Bertz CT molecular complexity index is 201. The minimum atomic E-state index is 0.343. The molecule has 1 saturated heterocycles. The van der Waals surface area contributed by atoms with E-state index in [-0.39, 0.29) is 0 Å². The van der Waals surface area contributed by atoms with Crippen LogP contribution < -0.4 is 0 Å². The number of carbonyl (C=O) groups is 1. The van der Waals surface area contributed by atoms with Gasteiger partial charge in [-0.05, 0) is 51.6 Å². The molecule has 0 saturated carbocycles. The van der Waals surface area contributed by atoms with Crippen molar-refractivity contribution in [2.24, 2.45) is 5.92 Å². The van der Waals surface area contributed by atoms with Crippen LogP contribution in [0.3, 0.4) is 0 Å². The van der Waals surface area contributed by atoms with Gasteiger partial charge in [-0.2, -0.15) is 0 Å². The summed E-state index contributed by atoms with van der Waals surface area (Å²) < 4.78 is 0. The summed E-state index contributed by atoms with van der Waals surface area (Å²) in [5.74, 6) is 1.15. The lowest BCUT2D eigenvalue weighted by molar-refractivity contribution is -0.118. The topological polar surface area (TPSA) is 20.3 Å². The summed E-state index contributed by atoms with van der Waals surface area (Å²) in [5, 5.41) is 0. The predicted molar refractivity (Wildman–Crippen MR) is 64.0 cm³/mol. The van der Waals surface area contributed by atoms with Crippen LogP contribution in [0.15, 0.2) is 0 Å². The van der Waals surface area contributed by atoms with Crippen LogP contribution in [0.5, 0.6) is 0 Å².